The fourth-order valence-electron chi connectivity index (χ4n) is 2.58. The fourth-order valence-corrected chi connectivity index (χ4v) is 2.58. The lowest BCUT2D eigenvalue weighted by Crippen LogP contribution is -2.47. The number of aliphatic hydroxyl groups excluding tert-OH is 1. The van der Waals surface area contributed by atoms with Crippen LogP contribution in [0.25, 0.3) is 0 Å². The van der Waals surface area contributed by atoms with Crippen molar-refractivity contribution in [3.63, 3.8) is 0 Å². The van der Waals surface area contributed by atoms with Crippen molar-refractivity contribution >= 4 is 11.4 Å². The molecule has 4 N–H and O–H groups in total. The van der Waals surface area contributed by atoms with E-state index in [9.17, 15) is 15.2 Å². The molecule has 0 aliphatic carbocycles. The Balaban J connectivity index is 2.17. The number of nitrogens with zero attached hydrogens (tertiary/aromatic N) is 2. The van der Waals surface area contributed by atoms with Crippen molar-refractivity contribution in [3.05, 3.63) is 33.9 Å². The van der Waals surface area contributed by atoms with E-state index in [1.54, 1.807) is 6.07 Å². The number of rotatable bonds is 5. The number of aliphatic hydroxyl groups is 1. The highest BCUT2D eigenvalue weighted by Gasteiger charge is 2.25. The van der Waals surface area contributed by atoms with Gasteiger partial charge in [0.25, 0.3) is 5.69 Å². The monoisotopic (exact) mass is 296 g/mol. The zero-order chi connectivity index (χ0) is 15.4. The standard InChI is InChI=1S/C13H20N4O4/c1-9-5-16(7-12(8-18)21-9)6-10-4-11(17(19)20)2-3-13(10)15-14/h2-4,9,12,15,18H,5-8,14H2,1H3. The van der Waals surface area contributed by atoms with Crippen LogP contribution in [0.3, 0.4) is 0 Å². The highest BCUT2D eigenvalue weighted by molar-refractivity contribution is 5.55. The number of nitrogens with two attached hydrogens (primary N) is 1. The van der Waals surface area contributed by atoms with Crippen LogP contribution in [0.4, 0.5) is 11.4 Å². The third kappa shape index (κ3) is 3.88. The number of anilines is 1. The zero-order valence-corrected chi connectivity index (χ0v) is 11.9. The van der Waals surface area contributed by atoms with E-state index in [1.165, 1.54) is 12.1 Å². The van der Waals surface area contributed by atoms with Crippen LogP contribution in [-0.4, -0.2) is 46.8 Å². The SMILES string of the molecule is CC1CN(Cc2cc([N+](=O)[O-])ccc2NN)CC(CO)O1. The highest BCUT2D eigenvalue weighted by atomic mass is 16.6. The summed E-state index contributed by atoms with van der Waals surface area (Å²) in [4.78, 5) is 12.5. The van der Waals surface area contributed by atoms with Crippen molar-refractivity contribution in [1.29, 1.82) is 0 Å². The Morgan fingerprint density at radius 3 is 2.95 bits per heavy atom. The summed E-state index contributed by atoms with van der Waals surface area (Å²) in [5, 5.41) is 20.1. The number of nitrogen functional groups attached to an aromatic ring is 1. The van der Waals surface area contributed by atoms with E-state index in [1.807, 2.05) is 6.92 Å². The van der Waals surface area contributed by atoms with E-state index in [0.717, 1.165) is 5.56 Å². The molecule has 116 valence electrons. The molecule has 0 radical (unpaired) electrons. The predicted molar refractivity (Wildman–Crippen MR) is 77.6 cm³/mol. The first-order chi connectivity index (χ1) is 10.0. The minimum absolute atomic E-state index is 0.00360. The maximum atomic E-state index is 10.9. The predicted octanol–water partition coefficient (Wildman–Crippen LogP) is 0.462. The van der Waals surface area contributed by atoms with Crippen LogP contribution in [-0.2, 0) is 11.3 Å². The highest BCUT2D eigenvalue weighted by Crippen LogP contribution is 2.24. The van der Waals surface area contributed by atoms with Crippen LogP contribution in [0.15, 0.2) is 18.2 Å². The van der Waals surface area contributed by atoms with E-state index >= 15 is 0 Å². The summed E-state index contributed by atoms with van der Waals surface area (Å²) >= 11 is 0. The van der Waals surface area contributed by atoms with Crippen LogP contribution in [0.1, 0.15) is 12.5 Å². The summed E-state index contributed by atoms with van der Waals surface area (Å²) in [6.07, 6.45) is -0.231. The quantitative estimate of drug-likeness (QED) is 0.411. The molecule has 8 nitrogen and oxygen atoms in total. The second-order valence-corrected chi connectivity index (χ2v) is 5.19. The largest absolute Gasteiger partial charge is 0.394 e. The van der Waals surface area contributed by atoms with Crippen LogP contribution < -0.4 is 11.3 Å². The molecule has 2 rings (SSSR count). The number of benzene rings is 1. The normalized spacial score (nSPS) is 23.0. The summed E-state index contributed by atoms with van der Waals surface area (Å²) in [7, 11) is 0. The topological polar surface area (TPSA) is 114 Å². The van der Waals surface area contributed by atoms with Crippen LogP contribution in [0.2, 0.25) is 0 Å². The average molecular weight is 296 g/mol. The molecule has 0 aromatic heterocycles. The molecule has 0 amide bonds. The van der Waals surface area contributed by atoms with E-state index in [0.29, 0.717) is 25.3 Å². The second-order valence-electron chi connectivity index (χ2n) is 5.19. The maximum Gasteiger partial charge on any atom is 0.269 e. The van der Waals surface area contributed by atoms with E-state index in [4.69, 9.17) is 10.6 Å². The molecule has 0 bridgehead atoms. The van der Waals surface area contributed by atoms with Crippen LogP contribution >= 0.6 is 0 Å². The molecule has 8 heteroatoms. The Morgan fingerprint density at radius 1 is 1.57 bits per heavy atom. The number of ether oxygens (including phenoxy) is 1. The number of nitro benzene ring substituents is 1. The average Bonchev–Trinajstić information content (AvgIpc) is 2.46. The van der Waals surface area contributed by atoms with Gasteiger partial charge in [0.2, 0.25) is 0 Å². The molecule has 2 unspecified atom stereocenters. The van der Waals surface area contributed by atoms with Crippen molar-refractivity contribution in [1.82, 2.24) is 4.90 Å². The Morgan fingerprint density at radius 2 is 2.33 bits per heavy atom. The maximum absolute atomic E-state index is 10.9. The lowest BCUT2D eigenvalue weighted by atomic mass is 10.1. The van der Waals surface area contributed by atoms with Crippen LogP contribution in [0, 0.1) is 10.1 Å². The number of nitrogens with one attached hydrogen (secondary N) is 1. The first-order valence-corrected chi connectivity index (χ1v) is 6.76. The number of non-ortho nitro benzene ring substituents is 1. The van der Waals surface area contributed by atoms with Gasteiger partial charge in [0.05, 0.1) is 29.4 Å². The zero-order valence-electron chi connectivity index (χ0n) is 11.9. The van der Waals surface area contributed by atoms with Gasteiger partial charge in [-0.25, -0.2) is 0 Å². The Labute approximate surface area is 122 Å². The molecule has 2 atom stereocenters. The van der Waals surface area contributed by atoms with Gasteiger partial charge >= 0.3 is 0 Å². The van der Waals surface area contributed by atoms with Gasteiger partial charge in [-0.15, -0.1) is 0 Å². The first-order valence-electron chi connectivity index (χ1n) is 6.76. The molecule has 0 saturated carbocycles. The number of morpholine rings is 1. The summed E-state index contributed by atoms with van der Waals surface area (Å²) < 4.78 is 5.58. The molecule has 1 aliphatic heterocycles. The van der Waals surface area contributed by atoms with Gasteiger partial charge in [0.1, 0.15) is 0 Å². The third-order valence-corrected chi connectivity index (χ3v) is 3.45. The van der Waals surface area contributed by atoms with E-state index in [2.05, 4.69) is 10.3 Å². The van der Waals surface area contributed by atoms with Crippen molar-refractivity contribution in [2.75, 3.05) is 25.1 Å². The van der Waals surface area contributed by atoms with Crippen molar-refractivity contribution < 1.29 is 14.8 Å². The van der Waals surface area contributed by atoms with Crippen molar-refractivity contribution in [3.8, 4) is 0 Å². The van der Waals surface area contributed by atoms with Crippen molar-refractivity contribution in [2.45, 2.75) is 25.7 Å². The minimum Gasteiger partial charge on any atom is -0.394 e. The smallest absolute Gasteiger partial charge is 0.269 e. The number of hydrogen-bond acceptors (Lipinski definition) is 7. The lowest BCUT2D eigenvalue weighted by molar-refractivity contribution is -0.384. The van der Waals surface area contributed by atoms with Gasteiger partial charge in [-0.1, -0.05) is 0 Å². The van der Waals surface area contributed by atoms with Gasteiger partial charge in [-0.05, 0) is 18.6 Å². The lowest BCUT2D eigenvalue weighted by Gasteiger charge is -2.36. The molecule has 1 saturated heterocycles. The summed E-state index contributed by atoms with van der Waals surface area (Å²) in [5.74, 6) is 5.46. The Hall–Kier alpha value is -1.74. The van der Waals surface area contributed by atoms with Gasteiger partial charge in [-0.3, -0.25) is 20.9 Å². The van der Waals surface area contributed by atoms with Crippen LogP contribution in [0.5, 0.6) is 0 Å². The number of hydrazine groups is 1. The fraction of sp³-hybridized carbons (Fsp3) is 0.538. The molecule has 21 heavy (non-hydrogen) atoms. The minimum atomic E-state index is -0.428. The molecule has 1 heterocycles. The summed E-state index contributed by atoms with van der Waals surface area (Å²) in [6.45, 7) is 3.67. The van der Waals surface area contributed by atoms with E-state index in [-0.39, 0.29) is 24.5 Å². The van der Waals surface area contributed by atoms with Gasteiger partial charge in [0.15, 0.2) is 0 Å². The summed E-state index contributed by atoms with van der Waals surface area (Å²) in [6, 6.07) is 4.53. The van der Waals surface area contributed by atoms with Crippen molar-refractivity contribution in [2.24, 2.45) is 5.84 Å². The molecular formula is C13H20N4O4. The number of nitro groups is 1. The van der Waals surface area contributed by atoms with Gasteiger partial charge in [-0.2, -0.15) is 0 Å². The molecular weight excluding hydrogens is 276 g/mol. The third-order valence-electron chi connectivity index (χ3n) is 3.45. The van der Waals surface area contributed by atoms with E-state index < -0.39 is 4.92 Å². The Kier molecular flexibility index (Phi) is 5.07. The Bertz CT molecular complexity index is 511. The van der Waals surface area contributed by atoms with Gasteiger partial charge in [0, 0.05) is 31.8 Å². The molecule has 0 spiro atoms. The molecule has 1 aromatic rings. The first kappa shape index (κ1) is 15.6. The summed E-state index contributed by atoms with van der Waals surface area (Å²) in [5.41, 5.74) is 3.99. The molecule has 1 aromatic carbocycles. The molecule has 1 fully saturated rings. The van der Waals surface area contributed by atoms with Gasteiger partial charge < -0.3 is 15.3 Å². The number of hydrogen-bond donors (Lipinski definition) is 3. The second kappa shape index (κ2) is 6.81. The molecule has 1 aliphatic rings.